The van der Waals surface area contributed by atoms with Crippen LogP contribution in [0.15, 0.2) is 9.85 Å². The lowest BCUT2D eigenvalue weighted by atomic mass is 9.81. The Bertz CT molecular complexity index is 461. The minimum Gasteiger partial charge on any atom is -0.369 e. The summed E-state index contributed by atoms with van der Waals surface area (Å²) in [6.07, 6.45) is 1.09. The molecule has 0 radical (unpaired) electrons. The number of rotatable bonds is 4. The molecule has 4 heteroatoms. The summed E-state index contributed by atoms with van der Waals surface area (Å²) in [5.74, 6) is 0.488. The van der Waals surface area contributed by atoms with Crippen LogP contribution in [0.25, 0.3) is 0 Å². The largest absolute Gasteiger partial charge is 0.369 e. The summed E-state index contributed by atoms with van der Waals surface area (Å²) < 4.78 is 7.53. The van der Waals surface area contributed by atoms with Crippen LogP contribution in [0.1, 0.15) is 57.5 Å². The van der Waals surface area contributed by atoms with E-state index in [1.54, 1.807) is 0 Å². The van der Waals surface area contributed by atoms with Gasteiger partial charge in [-0.1, -0.05) is 6.92 Å². The molecule has 1 aliphatic heterocycles. The molecule has 1 saturated heterocycles. The van der Waals surface area contributed by atoms with Crippen molar-refractivity contribution < 1.29 is 4.74 Å². The van der Waals surface area contributed by atoms with E-state index in [2.05, 4.69) is 68.9 Å². The van der Waals surface area contributed by atoms with Crippen molar-refractivity contribution in [3.63, 3.8) is 0 Å². The van der Waals surface area contributed by atoms with Crippen LogP contribution in [0.2, 0.25) is 0 Å². The van der Waals surface area contributed by atoms with Gasteiger partial charge in [-0.25, -0.2) is 0 Å². The lowest BCUT2D eigenvalue weighted by molar-refractivity contribution is -0.0777. The maximum Gasteiger partial charge on any atom is 0.0731 e. The number of aryl methyl sites for hydroxylation is 1. The molecule has 1 aromatic rings. The van der Waals surface area contributed by atoms with E-state index in [4.69, 9.17) is 4.74 Å². The van der Waals surface area contributed by atoms with Crippen molar-refractivity contribution >= 4 is 27.3 Å². The van der Waals surface area contributed by atoms with Gasteiger partial charge in [-0.2, -0.15) is 0 Å². The number of hydrogen-bond acceptors (Lipinski definition) is 3. The Hall–Kier alpha value is 0.1000. The minimum atomic E-state index is -0.0965. The van der Waals surface area contributed by atoms with E-state index in [-0.39, 0.29) is 11.2 Å². The van der Waals surface area contributed by atoms with Crippen molar-refractivity contribution in [2.45, 2.75) is 65.2 Å². The average Bonchev–Trinajstić information content (AvgIpc) is 2.72. The second kappa shape index (κ2) is 5.71. The summed E-state index contributed by atoms with van der Waals surface area (Å²) in [7, 11) is 0. The Morgan fingerprint density at radius 2 is 2.10 bits per heavy atom. The fraction of sp³-hybridized carbons (Fsp3) is 0.750. The zero-order valence-electron chi connectivity index (χ0n) is 13.3. The molecule has 2 unspecified atom stereocenters. The molecule has 0 saturated carbocycles. The molecular formula is C16H26BrNOS. The monoisotopic (exact) mass is 359 g/mol. The quantitative estimate of drug-likeness (QED) is 0.810. The SMILES string of the molecule is CCNC(c1cc(C)c(Br)s1)C1CC(C)(C)OC1(C)C. The molecule has 2 heterocycles. The highest BCUT2D eigenvalue weighted by Crippen LogP contribution is 2.49. The van der Waals surface area contributed by atoms with Gasteiger partial charge in [0, 0.05) is 16.8 Å². The van der Waals surface area contributed by atoms with Crippen LogP contribution >= 0.6 is 27.3 Å². The first kappa shape index (κ1) is 16.5. The fourth-order valence-electron chi connectivity index (χ4n) is 3.42. The van der Waals surface area contributed by atoms with Crippen LogP contribution in [0.3, 0.4) is 0 Å². The summed E-state index contributed by atoms with van der Waals surface area (Å²) in [6.45, 7) is 14.2. The Labute approximate surface area is 135 Å². The van der Waals surface area contributed by atoms with E-state index in [0.717, 1.165) is 13.0 Å². The van der Waals surface area contributed by atoms with Crippen molar-refractivity contribution in [3.05, 3.63) is 20.3 Å². The van der Waals surface area contributed by atoms with E-state index in [9.17, 15) is 0 Å². The smallest absolute Gasteiger partial charge is 0.0731 e. The third-order valence-electron chi connectivity index (χ3n) is 4.15. The summed E-state index contributed by atoms with van der Waals surface area (Å²) in [5.41, 5.74) is 1.19. The number of halogens is 1. The third kappa shape index (κ3) is 3.29. The molecule has 0 aromatic carbocycles. The average molecular weight is 360 g/mol. The van der Waals surface area contributed by atoms with E-state index in [0.29, 0.717) is 12.0 Å². The molecular weight excluding hydrogens is 334 g/mol. The zero-order valence-corrected chi connectivity index (χ0v) is 15.7. The Balaban J connectivity index is 2.33. The van der Waals surface area contributed by atoms with Gasteiger partial charge in [0.2, 0.25) is 0 Å². The van der Waals surface area contributed by atoms with E-state index in [1.807, 2.05) is 11.3 Å². The number of ether oxygens (including phenoxy) is 1. The highest BCUT2D eigenvalue weighted by atomic mass is 79.9. The predicted octanol–water partition coefficient (Wildman–Crippen LogP) is 5.06. The van der Waals surface area contributed by atoms with Crippen LogP contribution in [0.5, 0.6) is 0 Å². The molecule has 1 N–H and O–H groups in total. The van der Waals surface area contributed by atoms with Crippen molar-refractivity contribution in [1.29, 1.82) is 0 Å². The third-order valence-corrected chi connectivity index (χ3v) is 6.37. The van der Waals surface area contributed by atoms with Gasteiger partial charge in [0.25, 0.3) is 0 Å². The first-order valence-electron chi connectivity index (χ1n) is 7.35. The second-order valence-electron chi connectivity index (χ2n) is 6.92. The molecule has 0 spiro atoms. The van der Waals surface area contributed by atoms with Gasteiger partial charge in [0.05, 0.1) is 15.0 Å². The lowest BCUT2D eigenvalue weighted by Crippen LogP contribution is -2.38. The van der Waals surface area contributed by atoms with Crippen molar-refractivity contribution in [1.82, 2.24) is 5.32 Å². The zero-order chi connectivity index (χ0) is 15.1. The van der Waals surface area contributed by atoms with Crippen LogP contribution in [-0.2, 0) is 4.74 Å². The van der Waals surface area contributed by atoms with Gasteiger partial charge in [-0.15, -0.1) is 11.3 Å². The second-order valence-corrected chi connectivity index (χ2v) is 9.32. The highest BCUT2D eigenvalue weighted by molar-refractivity contribution is 9.11. The summed E-state index contributed by atoms with van der Waals surface area (Å²) in [6, 6.07) is 2.68. The predicted molar refractivity (Wildman–Crippen MR) is 90.5 cm³/mol. The first-order chi connectivity index (χ1) is 9.16. The number of thiophene rings is 1. The van der Waals surface area contributed by atoms with Gasteiger partial charge in [0.15, 0.2) is 0 Å². The van der Waals surface area contributed by atoms with Gasteiger partial charge in [-0.3, -0.25) is 0 Å². The minimum absolute atomic E-state index is 0.0363. The number of nitrogens with one attached hydrogen (secondary N) is 1. The summed E-state index contributed by atoms with van der Waals surface area (Å²) in [5, 5.41) is 3.68. The Morgan fingerprint density at radius 1 is 1.45 bits per heavy atom. The standard InChI is InChI=1S/C16H26BrNOS/c1-7-18-13(12-8-10(2)14(17)20-12)11-9-15(3,4)19-16(11,5)6/h8,11,13,18H,7,9H2,1-6H3. The molecule has 1 fully saturated rings. The Kier molecular flexibility index (Phi) is 4.70. The molecule has 2 nitrogen and oxygen atoms in total. The van der Waals surface area contributed by atoms with Crippen molar-refractivity contribution in [3.8, 4) is 0 Å². The van der Waals surface area contributed by atoms with Gasteiger partial charge < -0.3 is 10.1 Å². The molecule has 114 valence electrons. The first-order valence-corrected chi connectivity index (χ1v) is 8.96. The summed E-state index contributed by atoms with van der Waals surface area (Å²) >= 11 is 5.50. The topological polar surface area (TPSA) is 21.3 Å². The molecule has 1 aromatic heterocycles. The van der Waals surface area contributed by atoms with E-state index in [1.165, 1.54) is 14.2 Å². The van der Waals surface area contributed by atoms with Crippen LogP contribution in [0.4, 0.5) is 0 Å². The van der Waals surface area contributed by atoms with E-state index < -0.39 is 0 Å². The van der Waals surface area contributed by atoms with Crippen LogP contribution < -0.4 is 5.32 Å². The molecule has 0 aliphatic carbocycles. The van der Waals surface area contributed by atoms with Gasteiger partial charge in [-0.05, 0) is 75.1 Å². The molecule has 0 amide bonds. The highest BCUT2D eigenvalue weighted by Gasteiger charge is 2.49. The van der Waals surface area contributed by atoms with Crippen LogP contribution in [0, 0.1) is 12.8 Å². The van der Waals surface area contributed by atoms with Gasteiger partial charge >= 0.3 is 0 Å². The summed E-state index contributed by atoms with van der Waals surface area (Å²) in [4.78, 5) is 1.41. The van der Waals surface area contributed by atoms with Crippen LogP contribution in [-0.4, -0.2) is 17.7 Å². The van der Waals surface area contributed by atoms with E-state index >= 15 is 0 Å². The normalized spacial score (nSPS) is 25.9. The maximum absolute atomic E-state index is 6.29. The molecule has 1 aliphatic rings. The molecule has 0 bridgehead atoms. The van der Waals surface area contributed by atoms with Crippen molar-refractivity contribution in [2.75, 3.05) is 6.54 Å². The Morgan fingerprint density at radius 3 is 2.50 bits per heavy atom. The van der Waals surface area contributed by atoms with Crippen molar-refractivity contribution in [2.24, 2.45) is 5.92 Å². The lowest BCUT2D eigenvalue weighted by Gasteiger charge is -2.33. The molecule has 20 heavy (non-hydrogen) atoms. The fourth-order valence-corrected chi connectivity index (χ4v) is 5.13. The van der Waals surface area contributed by atoms with Gasteiger partial charge in [0.1, 0.15) is 0 Å². The maximum atomic E-state index is 6.29. The molecule has 2 atom stereocenters. The number of hydrogen-bond donors (Lipinski definition) is 1. The molecule has 2 rings (SSSR count).